The minimum atomic E-state index is -0.417. The van der Waals surface area contributed by atoms with Gasteiger partial charge in [0.05, 0.1) is 6.07 Å². The Morgan fingerprint density at radius 2 is 1.58 bits per heavy atom. The molecule has 0 saturated carbocycles. The fourth-order valence-corrected chi connectivity index (χ4v) is 4.25. The van der Waals surface area contributed by atoms with Crippen molar-refractivity contribution in [2.24, 2.45) is 10.8 Å². The van der Waals surface area contributed by atoms with Crippen molar-refractivity contribution < 1.29 is 0 Å². The van der Waals surface area contributed by atoms with Crippen LogP contribution in [0.2, 0.25) is 0 Å². The first kappa shape index (κ1) is 19.3. The molecule has 0 aliphatic heterocycles. The van der Waals surface area contributed by atoms with Crippen molar-refractivity contribution >= 4 is 39.3 Å². The number of nitrogens with zero attached hydrogens (tertiary/aromatic N) is 1. The van der Waals surface area contributed by atoms with Crippen LogP contribution >= 0.6 is 35.7 Å². The van der Waals surface area contributed by atoms with E-state index in [9.17, 15) is 0 Å². The molecule has 0 atom stereocenters. The molecule has 0 amide bonds. The van der Waals surface area contributed by atoms with E-state index in [0.29, 0.717) is 10.8 Å². The van der Waals surface area contributed by atoms with Gasteiger partial charge in [0, 0.05) is 5.75 Å². The van der Waals surface area contributed by atoms with E-state index in [1.807, 2.05) is 13.8 Å². The van der Waals surface area contributed by atoms with Gasteiger partial charge < -0.3 is 0 Å². The van der Waals surface area contributed by atoms with Gasteiger partial charge in [-0.3, -0.25) is 0 Å². The highest BCUT2D eigenvalue weighted by molar-refractivity contribution is 8.47. The summed E-state index contributed by atoms with van der Waals surface area (Å²) in [5, 5.41) is 9.01. The standard InChI is InChI=1S/C15H27NS3/c1-13(2,3)8-9-14(4,5)11-18-12(17)19-15(6,7)10-16/h8-9,11H2,1-7H3. The summed E-state index contributed by atoms with van der Waals surface area (Å²) in [6, 6.07) is 2.28. The van der Waals surface area contributed by atoms with Crippen molar-refractivity contribution in [1.82, 2.24) is 0 Å². The van der Waals surface area contributed by atoms with Crippen LogP contribution in [0.1, 0.15) is 61.3 Å². The van der Waals surface area contributed by atoms with Gasteiger partial charge in [0.15, 0.2) is 0 Å². The summed E-state index contributed by atoms with van der Waals surface area (Å²) in [6.45, 7) is 15.3. The average molecular weight is 318 g/mol. The summed E-state index contributed by atoms with van der Waals surface area (Å²) in [4.78, 5) is 0. The highest BCUT2D eigenvalue weighted by Crippen LogP contribution is 2.36. The zero-order valence-corrected chi connectivity index (χ0v) is 15.7. The lowest BCUT2D eigenvalue weighted by molar-refractivity contribution is 0.279. The Morgan fingerprint density at radius 1 is 1.05 bits per heavy atom. The summed E-state index contributed by atoms with van der Waals surface area (Å²) < 4.78 is 0.468. The second-order valence-corrected chi connectivity index (χ2v) is 11.3. The molecule has 4 heteroatoms. The maximum Gasteiger partial charge on any atom is 0.105 e. The molecule has 0 heterocycles. The van der Waals surface area contributed by atoms with Gasteiger partial charge in [-0.25, -0.2) is 0 Å². The summed E-state index contributed by atoms with van der Waals surface area (Å²) in [5.74, 6) is 1.02. The van der Waals surface area contributed by atoms with E-state index in [2.05, 4.69) is 40.7 Å². The number of rotatable bonds is 5. The lowest BCUT2D eigenvalue weighted by Crippen LogP contribution is -2.20. The highest BCUT2D eigenvalue weighted by Gasteiger charge is 2.25. The lowest BCUT2D eigenvalue weighted by Gasteiger charge is -2.29. The average Bonchev–Trinajstić information content (AvgIpc) is 2.23. The van der Waals surface area contributed by atoms with Gasteiger partial charge in [-0.05, 0) is 37.5 Å². The van der Waals surface area contributed by atoms with Crippen molar-refractivity contribution in [1.29, 1.82) is 5.26 Å². The number of hydrogen-bond donors (Lipinski definition) is 0. The third-order valence-electron chi connectivity index (χ3n) is 2.74. The van der Waals surface area contributed by atoms with Gasteiger partial charge in [-0.15, -0.1) is 11.8 Å². The Kier molecular flexibility index (Phi) is 7.44. The molecule has 0 radical (unpaired) electrons. The topological polar surface area (TPSA) is 23.8 Å². The Bertz CT molecular complexity index is 345. The third-order valence-corrected chi connectivity index (χ3v) is 5.88. The van der Waals surface area contributed by atoms with E-state index in [0.717, 1.165) is 9.28 Å². The number of thiocarbonyl (C=S) groups is 1. The van der Waals surface area contributed by atoms with Crippen LogP contribution in [-0.4, -0.2) is 14.0 Å². The second kappa shape index (κ2) is 7.33. The molecule has 0 N–H and O–H groups in total. The van der Waals surface area contributed by atoms with Crippen LogP contribution < -0.4 is 0 Å². The first-order valence-electron chi connectivity index (χ1n) is 6.64. The fourth-order valence-electron chi connectivity index (χ4n) is 1.30. The molecule has 0 saturated heterocycles. The van der Waals surface area contributed by atoms with Crippen molar-refractivity contribution in [3.05, 3.63) is 0 Å². The molecule has 0 spiro atoms. The molecule has 0 aromatic carbocycles. The smallest absolute Gasteiger partial charge is 0.105 e. The zero-order chi connectivity index (χ0) is 15.3. The van der Waals surface area contributed by atoms with Gasteiger partial charge in [0.1, 0.15) is 8.28 Å². The van der Waals surface area contributed by atoms with E-state index >= 15 is 0 Å². The summed E-state index contributed by atoms with van der Waals surface area (Å²) >= 11 is 8.59. The van der Waals surface area contributed by atoms with Gasteiger partial charge in [0.25, 0.3) is 0 Å². The zero-order valence-electron chi connectivity index (χ0n) is 13.3. The first-order chi connectivity index (χ1) is 8.37. The van der Waals surface area contributed by atoms with Gasteiger partial charge >= 0.3 is 0 Å². The fraction of sp³-hybridized carbons (Fsp3) is 0.867. The molecule has 0 unspecified atom stereocenters. The molecule has 0 rings (SSSR count). The Hall–Kier alpha value is 0.280. The van der Waals surface area contributed by atoms with Gasteiger partial charge in [0.2, 0.25) is 0 Å². The molecule has 0 aliphatic carbocycles. The minimum Gasteiger partial charge on any atom is -0.197 e. The SMILES string of the molecule is CC(C)(C)CCC(C)(C)CSC(=S)SC(C)(C)C#N. The maximum atomic E-state index is 9.01. The molecule has 1 nitrogen and oxygen atoms in total. The molecule has 0 aromatic rings. The second-order valence-electron chi connectivity index (χ2n) is 7.49. The normalized spacial score (nSPS) is 13.2. The third kappa shape index (κ3) is 10.7. The van der Waals surface area contributed by atoms with E-state index in [4.69, 9.17) is 17.5 Å². The maximum absolute atomic E-state index is 9.01. The van der Waals surface area contributed by atoms with Crippen LogP contribution in [0.15, 0.2) is 0 Å². The van der Waals surface area contributed by atoms with Crippen LogP contribution in [0, 0.1) is 22.2 Å². The van der Waals surface area contributed by atoms with Crippen LogP contribution in [0.4, 0.5) is 0 Å². The van der Waals surface area contributed by atoms with Crippen molar-refractivity contribution in [2.45, 2.75) is 66.1 Å². The van der Waals surface area contributed by atoms with E-state index in [1.54, 1.807) is 11.8 Å². The number of nitriles is 1. The largest absolute Gasteiger partial charge is 0.197 e. The molecule has 0 aromatic heterocycles. The van der Waals surface area contributed by atoms with Crippen LogP contribution in [0.5, 0.6) is 0 Å². The highest BCUT2D eigenvalue weighted by atomic mass is 32.2. The predicted molar refractivity (Wildman–Crippen MR) is 94.8 cm³/mol. The minimum absolute atomic E-state index is 0.291. The molecule has 0 fully saturated rings. The van der Waals surface area contributed by atoms with Crippen LogP contribution in [0.25, 0.3) is 0 Å². The molecular formula is C15H27NS3. The summed E-state index contributed by atoms with van der Waals surface area (Å²) in [7, 11) is 0. The Balaban J connectivity index is 4.18. The molecule has 110 valence electrons. The molecule has 0 bridgehead atoms. The molecular weight excluding hydrogens is 290 g/mol. The van der Waals surface area contributed by atoms with Crippen molar-refractivity contribution in [3.63, 3.8) is 0 Å². The van der Waals surface area contributed by atoms with E-state index in [-0.39, 0.29) is 0 Å². The van der Waals surface area contributed by atoms with E-state index in [1.165, 1.54) is 24.6 Å². The quantitative estimate of drug-likeness (QED) is 0.590. The number of thioether (sulfide) groups is 2. The first-order valence-corrected chi connectivity index (χ1v) is 8.85. The van der Waals surface area contributed by atoms with Crippen LogP contribution in [-0.2, 0) is 0 Å². The monoisotopic (exact) mass is 317 g/mol. The summed E-state index contributed by atoms with van der Waals surface area (Å²) in [6.07, 6.45) is 2.43. The number of hydrogen-bond acceptors (Lipinski definition) is 4. The lowest BCUT2D eigenvalue weighted by atomic mass is 9.81. The van der Waals surface area contributed by atoms with E-state index < -0.39 is 4.75 Å². The van der Waals surface area contributed by atoms with Crippen molar-refractivity contribution in [3.8, 4) is 6.07 Å². The molecule has 0 aliphatic rings. The Morgan fingerprint density at radius 3 is 2.00 bits per heavy atom. The molecule has 19 heavy (non-hydrogen) atoms. The van der Waals surface area contributed by atoms with Crippen molar-refractivity contribution in [2.75, 3.05) is 5.75 Å². The van der Waals surface area contributed by atoms with Gasteiger partial charge in [-0.1, -0.05) is 58.6 Å². The summed E-state index contributed by atoms with van der Waals surface area (Å²) in [5.41, 5.74) is 0.680. The van der Waals surface area contributed by atoms with Gasteiger partial charge in [-0.2, -0.15) is 5.26 Å². The predicted octanol–water partition coefficient (Wildman–Crippen LogP) is 5.89. The van der Waals surface area contributed by atoms with Crippen LogP contribution in [0.3, 0.4) is 0 Å². The Labute approximate surface area is 133 Å².